The average molecular weight is 508 g/mol. The fraction of sp³-hybridized carbons (Fsp3) is 0.241. The van der Waals surface area contributed by atoms with Crippen LogP contribution in [0, 0.1) is 0 Å². The van der Waals surface area contributed by atoms with Gasteiger partial charge in [0.1, 0.15) is 11.3 Å². The van der Waals surface area contributed by atoms with E-state index in [-0.39, 0.29) is 17.5 Å². The van der Waals surface area contributed by atoms with Gasteiger partial charge in [-0.3, -0.25) is 14.7 Å². The van der Waals surface area contributed by atoms with Gasteiger partial charge in [-0.25, -0.2) is 0 Å². The van der Waals surface area contributed by atoms with E-state index in [9.17, 15) is 9.59 Å². The van der Waals surface area contributed by atoms with Gasteiger partial charge in [-0.2, -0.15) is 14.7 Å². The van der Waals surface area contributed by atoms with Crippen LogP contribution in [0.5, 0.6) is 0 Å². The second kappa shape index (κ2) is 10.0. The quantitative estimate of drug-likeness (QED) is 0.328. The molecule has 0 unspecified atom stereocenters. The first-order valence-corrected chi connectivity index (χ1v) is 13.0. The van der Waals surface area contributed by atoms with Gasteiger partial charge in [-0.05, 0) is 24.0 Å². The third-order valence-electron chi connectivity index (χ3n) is 7.42. The Bertz CT molecular complexity index is 1630. The van der Waals surface area contributed by atoms with E-state index < -0.39 is 0 Å². The predicted octanol–water partition coefficient (Wildman–Crippen LogP) is 4.64. The van der Waals surface area contributed by atoms with E-state index in [1.54, 1.807) is 12.4 Å². The van der Waals surface area contributed by atoms with Gasteiger partial charge in [0.05, 0.1) is 18.3 Å². The monoisotopic (exact) mass is 507 g/mol. The zero-order chi connectivity index (χ0) is 26.1. The lowest BCUT2D eigenvalue weighted by Crippen LogP contribution is -2.37. The number of nitrogen functional groups attached to an aromatic ring is 1. The number of hydrogen-bond acceptors (Lipinski definition) is 5. The topological polar surface area (TPSA) is 125 Å². The van der Waals surface area contributed by atoms with Crippen LogP contribution < -0.4 is 11.3 Å². The Morgan fingerprint density at radius 3 is 2.16 bits per heavy atom. The van der Waals surface area contributed by atoms with Crippen LogP contribution in [-0.2, 0) is 6.54 Å². The summed E-state index contributed by atoms with van der Waals surface area (Å²) in [5.74, 6) is 0.493. The van der Waals surface area contributed by atoms with Crippen molar-refractivity contribution in [2.45, 2.75) is 44.7 Å². The first-order valence-electron chi connectivity index (χ1n) is 13.0. The molecule has 4 heterocycles. The number of aromatic nitrogens is 5. The second-order valence-corrected chi connectivity index (χ2v) is 9.74. The third kappa shape index (κ3) is 4.26. The summed E-state index contributed by atoms with van der Waals surface area (Å²) in [7, 11) is 0. The van der Waals surface area contributed by atoms with Crippen molar-refractivity contribution in [3.8, 4) is 22.3 Å². The summed E-state index contributed by atoms with van der Waals surface area (Å²) in [4.78, 5) is 31.0. The van der Waals surface area contributed by atoms with Crippen LogP contribution >= 0.6 is 0 Å². The molecule has 7 rings (SSSR count). The van der Waals surface area contributed by atoms with E-state index >= 15 is 0 Å². The molecule has 0 bridgehead atoms. The number of benzene rings is 2. The number of H-pyrrole nitrogens is 2. The van der Waals surface area contributed by atoms with Crippen LogP contribution in [-0.4, -0.2) is 41.6 Å². The number of amides is 1. The van der Waals surface area contributed by atoms with Crippen molar-refractivity contribution < 1.29 is 4.79 Å². The molecule has 1 saturated carbocycles. The summed E-state index contributed by atoms with van der Waals surface area (Å²) in [6.45, 7) is 0.393. The largest absolute Gasteiger partial charge is 0.382 e. The Balaban J connectivity index is 0.000000184. The van der Waals surface area contributed by atoms with E-state index in [0.29, 0.717) is 29.3 Å². The van der Waals surface area contributed by atoms with Crippen LogP contribution in [0.15, 0.2) is 77.9 Å². The van der Waals surface area contributed by atoms with Gasteiger partial charge in [-0.15, -0.1) is 0 Å². The van der Waals surface area contributed by atoms with Gasteiger partial charge >= 0.3 is 0 Å². The Labute approximate surface area is 219 Å². The van der Waals surface area contributed by atoms with Gasteiger partial charge in [0, 0.05) is 23.4 Å². The first kappa shape index (κ1) is 23.7. The van der Waals surface area contributed by atoms with Gasteiger partial charge in [0.15, 0.2) is 5.82 Å². The lowest BCUT2D eigenvalue weighted by molar-refractivity contribution is 0.0656. The van der Waals surface area contributed by atoms with Crippen molar-refractivity contribution in [1.82, 2.24) is 29.7 Å². The van der Waals surface area contributed by atoms with Crippen molar-refractivity contribution in [1.29, 1.82) is 0 Å². The first-order chi connectivity index (χ1) is 18.6. The maximum Gasteiger partial charge on any atom is 0.280 e. The predicted molar refractivity (Wildman–Crippen MR) is 146 cm³/mol. The van der Waals surface area contributed by atoms with Crippen LogP contribution in [0.4, 0.5) is 5.82 Å². The average Bonchev–Trinajstić information content (AvgIpc) is 3.68. The summed E-state index contributed by atoms with van der Waals surface area (Å²) < 4.78 is 1.39. The maximum atomic E-state index is 13.0. The van der Waals surface area contributed by atoms with Crippen molar-refractivity contribution >= 4 is 17.4 Å². The number of carbonyl (C=O) groups excluding carboxylic acids is 1. The number of hydrogen-bond donors (Lipinski definition) is 3. The highest BCUT2D eigenvalue weighted by Crippen LogP contribution is 2.30. The Kier molecular flexibility index (Phi) is 6.25. The number of anilines is 1. The molecular weight excluding hydrogens is 478 g/mol. The molecule has 9 nitrogen and oxygen atoms in total. The summed E-state index contributed by atoms with van der Waals surface area (Å²) in [6, 6.07) is 19.9. The van der Waals surface area contributed by atoms with Gasteiger partial charge < -0.3 is 15.6 Å². The zero-order valence-electron chi connectivity index (χ0n) is 20.9. The zero-order valence-corrected chi connectivity index (χ0v) is 20.9. The van der Waals surface area contributed by atoms with E-state index in [0.717, 1.165) is 47.9 Å². The number of fused-ring (bicyclic) bond motifs is 2. The molecule has 0 saturated heterocycles. The summed E-state index contributed by atoms with van der Waals surface area (Å²) >= 11 is 0. The Morgan fingerprint density at radius 2 is 1.53 bits per heavy atom. The smallest absolute Gasteiger partial charge is 0.280 e. The highest BCUT2D eigenvalue weighted by Gasteiger charge is 2.36. The third-order valence-corrected chi connectivity index (χ3v) is 7.42. The highest BCUT2D eigenvalue weighted by atomic mass is 16.2. The molecule has 1 fully saturated rings. The number of nitrogens with zero attached hydrogens (tertiary/aromatic N) is 4. The van der Waals surface area contributed by atoms with Crippen molar-refractivity contribution in [3.63, 3.8) is 0 Å². The molecule has 5 aromatic rings. The molecule has 2 aliphatic rings. The molecule has 1 aliphatic heterocycles. The standard InChI is InChI=1S/C20H20N4O2.C9H9N3/c25-19-16-12-23(14-9-5-2-6-10-14)20(26)17(16)22-18-15(11-21-24(18)19)13-7-3-1-4-8-13;10-9-8(6-11-12-9)7-4-2-1-3-5-7/h1,3-4,7-8,11,14,22H,2,5-6,9-10,12H2;1-6H,(H3,10,11,12). The number of carbonyl (C=O) groups is 1. The van der Waals surface area contributed by atoms with Gasteiger partial charge in [0.25, 0.3) is 11.5 Å². The Morgan fingerprint density at radius 1 is 0.868 bits per heavy atom. The van der Waals surface area contributed by atoms with Crippen LogP contribution in [0.25, 0.3) is 27.9 Å². The molecule has 192 valence electrons. The number of rotatable bonds is 3. The minimum atomic E-state index is -0.192. The lowest BCUT2D eigenvalue weighted by atomic mass is 9.94. The molecule has 1 aliphatic carbocycles. The molecule has 2 aromatic carbocycles. The van der Waals surface area contributed by atoms with Crippen LogP contribution in [0.1, 0.15) is 48.2 Å². The fourth-order valence-electron chi connectivity index (χ4n) is 5.43. The van der Waals surface area contributed by atoms with Gasteiger partial charge in [0.2, 0.25) is 0 Å². The second-order valence-electron chi connectivity index (χ2n) is 9.74. The molecule has 0 radical (unpaired) electrons. The molecule has 0 atom stereocenters. The molecule has 3 aromatic heterocycles. The van der Waals surface area contributed by atoms with Crippen molar-refractivity contribution in [2.24, 2.45) is 0 Å². The molecular formula is C29H29N7O2. The SMILES string of the molecule is Nc1n[nH]cc1-c1ccccc1.O=C1c2[nH]c3c(-c4ccccc4)cnn3c(=O)c2CN1C1CCCCC1. The van der Waals surface area contributed by atoms with Crippen LogP contribution in [0.3, 0.4) is 0 Å². The molecule has 0 spiro atoms. The molecule has 9 heteroatoms. The summed E-state index contributed by atoms with van der Waals surface area (Å²) in [6.07, 6.45) is 9.07. The molecule has 38 heavy (non-hydrogen) atoms. The fourth-order valence-corrected chi connectivity index (χ4v) is 5.43. The number of aromatic amines is 2. The van der Waals surface area contributed by atoms with Crippen LogP contribution in [0.2, 0.25) is 0 Å². The lowest BCUT2D eigenvalue weighted by Gasteiger charge is -2.30. The number of nitrogens with one attached hydrogen (secondary N) is 2. The minimum Gasteiger partial charge on any atom is -0.382 e. The van der Waals surface area contributed by atoms with Crippen molar-refractivity contribution in [3.05, 3.63) is 94.7 Å². The number of nitrogens with two attached hydrogens (primary N) is 1. The van der Waals surface area contributed by atoms with E-state index in [4.69, 9.17) is 5.73 Å². The minimum absolute atomic E-state index is 0.0493. The van der Waals surface area contributed by atoms with E-state index in [1.807, 2.05) is 65.6 Å². The van der Waals surface area contributed by atoms with E-state index in [1.165, 1.54) is 10.9 Å². The molecule has 1 amide bonds. The molecule has 4 N–H and O–H groups in total. The maximum absolute atomic E-state index is 13.0. The van der Waals surface area contributed by atoms with E-state index in [2.05, 4.69) is 20.3 Å². The van der Waals surface area contributed by atoms with Gasteiger partial charge in [-0.1, -0.05) is 79.9 Å². The van der Waals surface area contributed by atoms with Crippen molar-refractivity contribution in [2.75, 3.05) is 5.73 Å². The normalized spacial score (nSPS) is 15.4. The Hall–Kier alpha value is -4.66. The highest BCUT2D eigenvalue weighted by molar-refractivity contribution is 5.97. The summed E-state index contributed by atoms with van der Waals surface area (Å²) in [5.41, 5.74) is 10.8. The summed E-state index contributed by atoms with van der Waals surface area (Å²) in [5, 5.41) is 10.8.